The maximum Gasteiger partial charge on any atom is -0.0163 e. The third kappa shape index (κ3) is 23.1. The van der Waals surface area contributed by atoms with Gasteiger partial charge < -0.3 is 0 Å². The smallest absolute Gasteiger partial charge is 0.0163 e. The highest BCUT2D eigenvalue weighted by Gasteiger charge is 1.69. The van der Waals surface area contributed by atoms with Crippen LogP contribution in [0.25, 0.3) is 0 Å². The van der Waals surface area contributed by atoms with Gasteiger partial charge in [0.15, 0.2) is 0 Å². The molecule has 0 saturated heterocycles. The topological polar surface area (TPSA) is 0 Å². The predicted octanol–water partition coefficient (Wildman–Crippen LogP) is 8.31. The second kappa shape index (κ2) is 23.1. The Morgan fingerprint density at radius 3 is 0.852 bits per heavy atom. The Balaban J connectivity index is 3.86. The highest BCUT2D eigenvalue weighted by Crippen LogP contribution is 1.90. The molecule has 0 aromatic carbocycles. The molecule has 0 aliphatic carbocycles. The van der Waals surface area contributed by atoms with Crippen LogP contribution in [-0.2, 0) is 0 Å². The van der Waals surface area contributed by atoms with Crippen molar-refractivity contribution in [3.05, 3.63) is 134 Å². The predicted molar refractivity (Wildman–Crippen MR) is 126 cm³/mol. The van der Waals surface area contributed by atoms with Crippen molar-refractivity contribution in [3.8, 4) is 0 Å². The fourth-order valence-electron chi connectivity index (χ4n) is 1.72. The largest absolute Gasteiger partial charge is 0.0848 e. The van der Waals surface area contributed by atoms with Crippen molar-refractivity contribution in [2.45, 2.75) is 33.1 Å². The zero-order valence-corrected chi connectivity index (χ0v) is 16.8. The highest BCUT2D eigenvalue weighted by molar-refractivity contribution is 5.22. The Kier molecular flexibility index (Phi) is 20.7. The van der Waals surface area contributed by atoms with Gasteiger partial charge in [-0.25, -0.2) is 0 Å². The summed E-state index contributed by atoms with van der Waals surface area (Å²) in [5, 5.41) is 0. The highest BCUT2D eigenvalue weighted by atomic mass is 13.8. The van der Waals surface area contributed by atoms with Gasteiger partial charge in [0.2, 0.25) is 0 Å². The molecule has 142 valence electrons. The normalized spacial score (nSPS) is 14.6. The Morgan fingerprint density at radius 2 is 0.519 bits per heavy atom. The van der Waals surface area contributed by atoms with Gasteiger partial charge in [-0.15, -0.1) is 0 Å². The van der Waals surface area contributed by atoms with Crippen LogP contribution >= 0.6 is 0 Å². The van der Waals surface area contributed by atoms with Crippen LogP contribution < -0.4 is 0 Å². The quantitative estimate of drug-likeness (QED) is 0.290. The molecular formula is C27H34. The maximum atomic E-state index is 2.15. The average molecular weight is 359 g/mol. The van der Waals surface area contributed by atoms with E-state index in [1.165, 1.54) is 0 Å². The van der Waals surface area contributed by atoms with E-state index in [9.17, 15) is 0 Å². The van der Waals surface area contributed by atoms with Gasteiger partial charge in [-0.1, -0.05) is 148 Å². The molecule has 0 heteroatoms. The second-order valence-corrected chi connectivity index (χ2v) is 5.46. The van der Waals surface area contributed by atoms with Gasteiger partial charge >= 0.3 is 0 Å². The van der Waals surface area contributed by atoms with E-state index < -0.39 is 0 Å². The molecule has 0 heterocycles. The fourth-order valence-corrected chi connectivity index (χ4v) is 1.72. The minimum absolute atomic E-state index is 0.960. The van der Waals surface area contributed by atoms with Crippen LogP contribution in [0.2, 0.25) is 0 Å². The molecule has 0 aromatic rings. The second-order valence-electron chi connectivity index (χ2n) is 5.46. The molecule has 0 aliphatic rings. The van der Waals surface area contributed by atoms with Crippen molar-refractivity contribution in [2.24, 2.45) is 0 Å². The first kappa shape index (κ1) is 24.1. The lowest BCUT2D eigenvalue weighted by Crippen LogP contribution is -1.58. The Labute approximate surface area is 167 Å². The summed E-state index contributed by atoms with van der Waals surface area (Å²) in [5.41, 5.74) is 0. The van der Waals surface area contributed by atoms with E-state index in [-0.39, 0.29) is 0 Å². The first-order valence-electron chi connectivity index (χ1n) is 9.71. The summed E-state index contributed by atoms with van der Waals surface area (Å²) in [6.07, 6.45) is 48.2. The average Bonchev–Trinajstić information content (AvgIpc) is 2.68. The van der Waals surface area contributed by atoms with Crippen molar-refractivity contribution in [3.63, 3.8) is 0 Å². The molecule has 0 aliphatic heterocycles. The van der Waals surface area contributed by atoms with Gasteiger partial charge in [0.05, 0.1) is 0 Å². The molecule has 0 atom stereocenters. The molecule has 0 nitrogen and oxygen atoms in total. The summed E-state index contributed by atoms with van der Waals surface area (Å²) in [5.74, 6) is 0. The van der Waals surface area contributed by atoms with Gasteiger partial charge in [-0.3, -0.25) is 0 Å². The molecule has 0 amide bonds. The van der Waals surface area contributed by atoms with Gasteiger partial charge in [-0.2, -0.15) is 0 Å². The molecule has 27 heavy (non-hydrogen) atoms. The molecular weight excluding hydrogens is 324 g/mol. The monoisotopic (exact) mass is 358 g/mol. The minimum atomic E-state index is 0.960. The van der Waals surface area contributed by atoms with Crippen LogP contribution in [0.4, 0.5) is 0 Å². The minimum Gasteiger partial charge on any atom is -0.0848 e. The van der Waals surface area contributed by atoms with Crippen molar-refractivity contribution in [1.29, 1.82) is 0 Å². The molecule has 0 fully saturated rings. The zero-order chi connectivity index (χ0) is 19.7. The van der Waals surface area contributed by atoms with Crippen LogP contribution in [0.1, 0.15) is 33.1 Å². The standard InChI is InChI=1S/C27H34/c1-3-5-7-9-11-13-15-17-19-21-23-25-27-26-24-22-20-18-16-14-12-10-8-6-4-2/h5-13,15-27H,3-4,14H2,1-2H3/b7-5+,8-6+,11-9+,12-10+,15-13+,18-16+,19-17+,22-20+,23-21+,26-24+,27-25+. The van der Waals surface area contributed by atoms with Gasteiger partial charge in [0.1, 0.15) is 0 Å². The third-order valence-corrected chi connectivity index (χ3v) is 3.07. The SMILES string of the molecule is CC/C=C/C=C/C=C/C=C/C=C/C=C/C=C/C=C/C=C/C/C=C/C=C/CC. The summed E-state index contributed by atoms with van der Waals surface area (Å²) in [4.78, 5) is 0. The van der Waals surface area contributed by atoms with E-state index in [1.807, 2.05) is 85.1 Å². The first-order chi connectivity index (χ1) is 13.4. The summed E-state index contributed by atoms with van der Waals surface area (Å²) >= 11 is 0. The van der Waals surface area contributed by atoms with Crippen LogP contribution in [0, 0.1) is 0 Å². The fraction of sp³-hybridized carbons (Fsp3) is 0.185. The van der Waals surface area contributed by atoms with Crippen molar-refractivity contribution in [2.75, 3.05) is 0 Å². The summed E-state index contributed by atoms with van der Waals surface area (Å²) in [6, 6.07) is 0. The molecule has 0 rings (SSSR count). The number of hydrogen-bond donors (Lipinski definition) is 0. The number of hydrogen-bond acceptors (Lipinski definition) is 0. The maximum absolute atomic E-state index is 2.15. The zero-order valence-electron chi connectivity index (χ0n) is 16.8. The van der Waals surface area contributed by atoms with E-state index in [2.05, 4.69) is 62.5 Å². The van der Waals surface area contributed by atoms with Crippen molar-refractivity contribution < 1.29 is 0 Å². The Hall–Kier alpha value is -2.86. The number of allylic oxidation sites excluding steroid dienone is 22. The summed E-state index contributed by atoms with van der Waals surface area (Å²) < 4.78 is 0. The molecule has 0 saturated carbocycles. The van der Waals surface area contributed by atoms with Crippen molar-refractivity contribution in [1.82, 2.24) is 0 Å². The van der Waals surface area contributed by atoms with Gasteiger partial charge in [-0.05, 0) is 19.3 Å². The van der Waals surface area contributed by atoms with Gasteiger partial charge in [0.25, 0.3) is 0 Å². The van der Waals surface area contributed by atoms with E-state index >= 15 is 0 Å². The van der Waals surface area contributed by atoms with Crippen LogP contribution in [0.5, 0.6) is 0 Å². The summed E-state index contributed by atoms with van der Waals surface area (Å²) in [7, 11) is 0. The molecule has 0 radical (unpaired) electrons. The molecule has 0 spiro atoms. The van der Waals surface area contributed by atoms with Crippen LogP contribution in [0.3, 0.4) is 0 Å². The molecule has 0 aromatic heterocycles. The first-order valence-corrected chi connectivity index (χ1v) is 9.71. The van der Waals surface area contributed by atoms with E-state index in [0.29, 0.717) is 0 Å². The lowest BCUT2D eigenvalue weighted by atomic mass is 10.3. The van der Waals surface area contributed by atoms with E-state index in [4.69, 9.17) is 0 Å². The Morgan fingerprint density at radius 1 is 0.296 bits per heavy atom. The van der Waals surface area contributed by atoms with E-state index in [0.717, 1.165) is 19.3 Å². The van der Waals surface area contributed by atoms with Crippen LogP contribution in [-0.4, -0.2) is 0 Å². The Bertz CT molecular complexity index is 636. The molecule has 0 bridgehead atoms. The van der Waals surface area contributed by atoms with Crippen LogP contribution in [0.15, 0.2) is 134 Å². The van der Waals surface area contributed by atoms with E-state index in [1.54, 1.807) is 0 Å². The lowest BCUT2D eigenvalue weighted by Gasteiger charge is -1.79. The lowest BCUT2D eigenvalue weighted by molar-refractivity contribution is 1.22. The van der Waals surface area contributed by atoms with Crippen molar-refractivity contribution >= 4 is 0 Å². The third-order valence-electron chi connectivity index (χ3n) is 3.07. The molecule has 0 unspecified atom stereocenters. The molecule has 0 N–H and O–H groups in total. The summed E-state index contributed by atoms with van der Waals surface area (Å²) in [6.45, 7) is 4.26. The van der Waals surface area contributed by atoms with Gasteiger partial charge in [0, 0.05) is 0 Å². The number of rotatable bonds is 13.